The molecule has 0 aromatic heterocycles. The van der Waals surface area contributed by atoms with Gasteiger partial charge >= 0.3 is 0 Å². The third kappa shape index (κ3) is 3.66. The first-order chi connectivity index (χ1) is 12.7. The highest BCUT2D eigenvalue weighted by Crippen LogP contribution is 2.38. The van der Waals surface area contributed by atoms with Crippen molar-refractivity contribution in [2.75, 3.05) is 18.8 Å². The number of rotatable bonds is 5. The van der Waals surface area contributed by atoms with Gasteiger partial charge in [-0.25, -0.2) is 0 Å². The highest BCUT2D eigenvalue weighted by molar-refractivity contribution is 5.43. The number of nitrogens with zero attached hydrogens (tertiary/aromatic N) is 1. The summed E-state index contributed by atoms with van der Waals surface area (Å²) in [5, 5.41) is 0. The molecule has 1 aliphatic heterocycles. The van der Waals surface area contributed by atoms with E-state index in [1.807, 2.05) is 12.1 Å². The van der Waals surface area contributed by atoms with Gasteiger partial charge < -0.3 is 5.73 Å². The Balaban J connectivity index is 1.60. The summed E-state index contributed by atoms with van der Waals surface area (Å²) in [6.07, 6.45) is 2.25. The maximum absolute atomic E-state index is 5.94. The van der Waals surface area contributed by atoms with E-state index in [9.17, 15) is 0 Å². The highest BCUT2D eigenvalue weighted by Gasteiger charge is 2.39. The molecule has 0 spiro atoms. The Hall–Kier alpha value is -2.58. The summed E-state index contributed by atoms with van der Waals surface area (Å²) in [7, 11) is 0. The molecule has 1 aliphatic rings. The molecule has 1 atom stereocenters. The lowest BCUT2D eigenvalue weighted by molar-refractivity contribution is 0.301. The van der Waals surface area contributed by atoms with Crippen LogP contribution in [0.25, 0.3) is 0 Å². The van der Waals surface area contributed by atoms with Crippen LogP contribution in [0.15, 0.2) is 84.9 Å². The molecule has 0 saturated carbocycles. The molecule has 1 saturated heterocycles. The van der Waals surface area contributed by atoms with Gasteiger partial charge in [0.15, 0.2) is 0 Å². The maximum atomic E-state index is 5.94. The van der Waals surface area contributed by atoms with Crippen LogP contribution in [0.5, 0.6) is 0 Å². The molecule has 2 nitrogen and oxygen atoms in total. The number of hydrogen-bond donors (Lipinski definition) is 1. The lowest BCUT2D eigenvalue weighted by Crippen LogP contribution is -2.33. The second kappa shape index (κ2) is 7.35. The van der Waals surface area contributed by atoms with Crippen LogP contribution in [0.2, 0.25) is 0 Å². The Labute approximate surface area is 156 Å². The fourth-order valence-corrected chi connectivity index (χ4v) is 4.24. The monoisotopic (exact) mass is 342 g/mol. The van der Waals surface area contributed by atoms with E-state index in [4.69, 9.17) is 5.73 Å². The van der Waals surface area contributed by atoms with Crippen LogP contribution in [-0.4, -0.2) is 18.0 Å². The van der Waals surface area contributed by atoms with Crippen molar-refractivity contribution in [3.63, 3.8) is 0 Å². The molecule has 132 valence electrons. The van der Waals surface area contributed by atoms with Gasteiger partial charge in [0, 0.05) is 24.2 Å². The second-order valence-electron chi connectivity index (χ2n) is 7.51. The zero-order valence-electron chi connectivity index (χ0n) is 15.1. The van der Waals surface area contributed by atoms with E-state index >= 15 is 0 Å². The van der Waals surface area contributed by atoms with Gasteiger partial charge in [0.1, 0.15) is 0 Å². The number of benzene rings is 3. The van der Waals surface area contributed by atoms with Crippen molar-refractivity contribution in [1.82, 2.24) is 4.90 Å². The van der Waals surface area contributed by atoms with Gasteiger partial charge in [0.05, 0.1) is 0 Å². The molecule has 26 heavy (non-hydrogen) atoms. The molecule has 2 N–H and O–H groups in total. The first-order valence-electron chi connectivity index (χ1n) is 9.40. The van der Waals surface area contributed by atoms with Gasteiger partial charge in [-0.1, -0.05) is 72.8 Å². The van der Waals surface area contributed by atoms with E-state index in [2.05, 4.69) is 77.7 Å². The lowest BCUT2D eigenvalue weighted by atomic mass is 9.75. The molecule has 1 unspecified atom stereocenters. The summed E-state index contributed by atoms with van der Waals surface area (Å²) in [6.45, 7) is 3.24. The zero-order chi connectivity index (χ0) is 17.8. The van der Waals surface area contributed by atoms with E-state index in [-0.39, 0.29) is 5.41 Å². The average molecular weight is 342 g/mol. The summed E-state index contributed by atoms with van der Waals surface area (Å²) < 4.78 is 0. The molecule has 1 heterocycles. The van der Waals surface area contributed by atoms with Crippen LogP contribution in [0, 0.1) is 0 Å². The smallest absolute Gasteiger partial charge is 0.0314 e. The topological polar surface area (TPSA) is 29.3 Å². The Morgan fingerprint density at radius 1 is 0.769 bits per heavy atom. The summed E-state index contributed by atoms with van der Waals surface area (Å²) >= 11 is 0. The van der Waals surface area contributed by atoms with Crippen molar-refractivity contribution in [3.05, 3.63) is 102 Å². The number of likely N-dealkylation sites (tertiary alicyclic amines) is 1. The molecule has 0 radical (unpaired) electrons. The van der Waals surface area contributed by atoms with Crippen molar-refractivity contribution in [1.29, 1.82) is 0 Å². The quantitative estimate of drug-likeness (QED) is 0.684. The van der Waals surface area contributed by atoms with Crippen molar-refractivity contribution in [2.24, 2.45) is 0 Å². The minimum Gasteiger partial charge on any atom is -0.399 e. The first-order valence-corrected chi connectivity index (χ1v) is 9.40. The van der Waals surface area contributed by atoms with Crippen molar-refractivity contribution in [2.45, 2.75) is 24.8 Å². The van der Waals surface area contributed by atoms with E-state index in [1.165, 1.54) is 23.1 Å². The van der Waals surface area contributed by atoms with Gasteiger partial charge in [-0.05, 0) is 48.2 Å². The van der Waals surface area contributed by atoms with E-state index in [0.29, 0.717) is 0 Å². The predicted octanol–water partition coefficient (Wildman–Crippen LogP) is 4.66. The highest BCUT2D eigenvalue weighted by atomic mass is 15.2. The Morgan fingerprint density at radius 3 is 2.04 bits per heavy atom. The summed E-state index contributed by atoms with van der Waals surface area (Å²) in [5.74, 6) is 0. The van der Waals surface area contributed by atoms with Crippen molar-refractivity contribution in [3.8, 4) is 0 Å². The summed E-state index contributed by atoms with van der Waals surface area (Å²) in [5.41, 5.74) is 11.1. The number of hydrogen-bond acceptors (Lipinski definition) is 2. The Kier molecular flexibility index (Phi) is 4.77. The van der Waals surface area contributed by atoms with Crippen molar-refractivity contribution < 1.29 is 0 Å². The molecule has 3 aromatic rings. The fourth-order valence-electron chi connectivity index (χ4n) is 4.24. The van der Waals surface area contributed by atoms with E-state index in [0.717, 1.165) is 31.7 Å². The standard InChI is InChI=1S/C24H26N2/c25-23-13-11-22(12-14-23)24(17-20-7-3-1-4-8-20)15-16-26(19-24)18-21-9-5-2-6-10-21/h1-14H,15-19,25H2. The third-order valence-corrected chi connectivity index (χ3v) is 5.59. The molecule has 4 rings (SSSR count). The van der Waals surface area contributed by atoms with E-state index < -0.39 is 0 Å². The van der Waals surface area contributed by atoms with Gasteiger partial charge in [-0.15, -0.1) is 0 Å². The summed E-state index contributed by atoms with van der Waals surface area (Å²) in [6, 6.07) is 30.2. The molecule has 0 aliphatic carbocycles. The normalized spacial score (nSPS) is 20.3. The first kappa shape index (κ1) is 16.9. The number of nitrogens with two attached hydrogens (primary N) is 1. The second-order valence-corrected chi connectivity index (χ2v) is 7.51. The van der Waals surface area contributed by atoms with Crippen LogP contribution in [0.4, 0.5) is 5.69 Å². The zero-order valence-corrected chi connectivity index (χ0v) is 15.1. The van der Waals surface area contributed by atoms with Crippen LogP contribution in [0.1, 0.15) is 23.1 Å². The molecule has 0 bridgehead atoms. The lowest BCUT2D eigenvalue weighted by Gasteiger charge is -2.31. The molecule has 3 aromatic carbocycles. The third-order valence-electron chi connectivity index (χ3n) is 5.59. The van der Waals surface area contributed by atoms with Gasteiger partial charge in [-0.3, -0.25) is 4.90 Å². The Morgan fingerprint density at radius 2 is 1.38 bits per heavy atom. The minimum absolute atomic E-state index is 0.157. The minimum atomic E-state index is 0.157. The molecular weight excluding hydrogens is 316 g/mol. The van der Waals surface area contributed by atoms with Crippen LogP contribution >= 0.6 is 0 Å². The number of nitrogen functional groups attached to an aromatic ring is 1. The fraction of sp³-hybridized carbons (Fsp3) is 0.250. The average Bonchev–Trinajstić information content (AvgIpc) is 3.07. The van der Waals surface area contributed by atoms with Crippen LogP contribution in [-0.2, 0) is 18.4 Å². The number of anilines is 1. The van der Waals surface area contributed by atoms with Gasteiger partial charge in [-0.2, -0.15) is 0 Å². The Bertz CT molecular complexity index is 827. The van der Waals surface area contributed by atoms with Crippen LogP contribution < -0.4 is 5.73 Å². The predicted molar refractivity (Wildman–Crippen MR) is 109 cm³/mol. The summed E-state index contributed by atoms with van der Waals surface area (Å²) in [4.78, 5) is 2.59. The van der Waals surface area contributed by atoms with Gasteiger partial charge in [0.2, 0.25) is 0 Å². The molecule has 1 fully saturated rings. The van der Waals surface area contributed by atoms with E-state index in [1.54, 1.807) is 0 Å². The molecule has 2 heteroatoms. The SMILES string of the molecule is Nc1ccc(C2(Cc3ccccc3)CCN(Cc3ccccc3)C2)cc1. The molecular formula is C24H26N2. The van der Waals surface area contributed by atoms with Crippen molar-refractivity contribution >= 4 is 5.69 Å². The van der Waals surface area contributed by atoms with Crippen LogP contribution in [0.3, 0.4) is 0 Å². The largest absolute Gasteiger partial charge is 0.399 e. The molecule has 0 amide bonds. The maximum Gasteiger partial charge on any atom is 0.0314 e. The van der Waals surface area contributed by atoms with Gasteiger partial charge in [0.25, 0.3) is 0 Å².